The number of hydrazine groups is 1. The van der Waals surface area contributed by atoms with Gasteiger partial charge in [-0.2, -0.15) is 0 Å². The van der Waals surface area contributed by atoms with Crippen LogP contribution in [-0.2, 0) is 0 Å². The molecule has 2 nitrogen and oxygen atoms in total. The quantitative estimate of drug-likeness (QED) is 0.627. The fraction of sp³-hybridized carbons (Fsp3) is 0.625. The molecule has 100 valence electrons. The summed E-state index contributed by atoms with van der Waals surface area (Å²) in [7, 11) is 0. The normalized spacial score (nSPS) is 20.0. The van der Waals surface area contributed by atoms with Crippen LogP contribution in [-0.4, -0.2) is 0 Å². The molecule has 1 aromatic rings. The third-order valence-corrected chi connectivity index (χ3v) is 4.82. The Labute approximate surface area is 111 Å². The van der Waals surface area contributed by atoms with Gasteiger partial charge in [0.1, 0.15) is 0 Å². The number of aryl methyl sites for hydroxylation is 2. The molecule has 1 aliphatic carbocycles. The zero-order valence-corrected chi connectivity index (χ0v) is 11.9. The molecule has 0 spiro atoms. The van der Waals surface area contributed by atoms with E-state index < -0.39 is 0 Å². The van der Waals surface area contributed by atoms with Crippen molar-refractivity contribution in [2.75, 3.05) is 0 Å². The number of hydrogen-bond donors (Lipinski definition) is 2. The highest BCUT2D eigenvalue weighted by atomic mass is 15.2. The maximum atomic E-state index is 5.90. The van der Waals surface area contributed by atoms with Gasteiger partial charge in [-0.3, -0.25) is 11.3 Å². The summed E-state index contributed by atoms with van der Waals surface area (Å²) in [5.74, 6) is 5.90. The Hall–Kier alpha value is -0.860. The molecule has 1 saturated carbocycles. The van der Waals surface area contributed by atoms with E-state index in [9.17, 15) is 0 Å². The average molecular weight is 246 g/mol. The molecule has 0 amide bonds. The Morgan fingerprint density at radius 2 is 1.94 bits per heavy atom. The second kappa shape index (κ2) is 5.41. The number of rotatable bonds is 4. The molecule has 2 heteroatoms. The van der Waals surface area contributed by atoms with Crippen molar-refractivity contribution < 1.29 is 0 Å². The van der Waals surface area contributed by atoms with Crippen molar-refractivity contribution in [2.24, 2.45) is 11.3 Å². The van der Waals surface area contributed by atoms with Crippen molar-refractivity contribution >= 4 is 0 Å². The lowest BCUT2D eigenvalue weighted by Crippen LogP contribution is -2.40. The van der Waals surface area contributed by atoms with E-state index in [2.05, 4.69) is 44.4 Å². The predicted molar refractivity (Wildman–Crippen MR) is 77.2 cm³/mol. The zero-order valence-electron chi connectivity index (χ0n) is 11.9. The molecule has 2 rings (SSSR count). The molecule has 1 fully saturated rings. The van der Waals surface area contributed by atoms with E-state index in [1.807, 2.05) is 0 Å². The Balaban J connectivity index is 2.38. The smallest absolute Gasteiger partial charge is 0.0518 e. The van der Waals surface area contributed by atoms with Crippen LogP contribution in [0.5, 0.6) is 0 Å². The molecule has 1 aromatic carbocycles. The maximum Gasteiger partial charge on any atom is 0.0518 e. The van der Waals surface area contributed by atoms with E-state index in [1.165, 1.54) is 48.8 Å². The van der Waals surface area contributed by atoms with Gasteiger partial charge in [-0.15, -0.1) is 0 Å². The highest BCUT2D eigenvalue weighted by Gasteiger charge is 2.40. The number of benzene rings is 1. The van der Waals surface area contributed by atoms with E-state index in [-0.39, 0.29) is 0 Å². The molecule has 0 bridgehead atoms. The minimum atomic E-state index is 0.297. The first-order valence-electron chi connectivity index (χ1n) is 7.16. The van der Waals surface area contributed by atoms with Crippen LogP contribution in [0.1, 0.15) is 61.8 Å². The van der Waals surface area contributed by atoms with Gasteiger partial charge < -0.3 is 0 Å². The summed E-state index contributed by atoms with van der Waals surface area (Å²) in [5, 5.41) is 0. The topological polar surface area (TPSA) is 38.0 Å². The van der Waals surface area contributed by atoms with Crippen LogP contribution >= 0.6 is 0 Å². The van der Waals surface area contributed by atoms with Crippen molar-refractivity contribution in [3.8, 4) is 0 Å². The Kier molecular flexibility index (Phi) is 4.08. The summed E-state index contributed by atoms with van der Waals surface area (Å²) in [6.07, 6.45) is 6.49. The zero-order chi connectivity index (χ0) is 13.2. The molecule has 0 aliphatic heterocycles. The Morgan fingerprint density at radius 1 is 1.28 bits per heavy atom. The van der Waals surface area contributed by atoms with Gasteiger partial charge in [0, 0.05) is 0 Å². The molecule has 3 N–H and O–H groups in total. The molecule has 1 atom stereocenters. The molecular formula is C16H26N2. The Morgan fingerprint density at radius 3 is 2.44 bits per heavy atom. The average Bonchev–Trinajstić information content (AvgIpc) is 2.83. The maximum absolute atomic E-state index is 5.90. The van der Waals surface area contributed by atoms with Gasteiger partial charge in [0.05, 0.1) is 6.04 Å². The fourth-order valence-electron chi connectivity index (χ4n) is 3.67. The van der Waals surface area contributed by atoms with E-state index in [0.29, 0.717) is 11.5 Å². The molecule has 0 heterocycles. The van der Waals surface area contributed by atoms with Crippen molar-refractivity contribution in [3.05, 3.63) is 34.9 Å². The summed E-state index contributed by atoms with van der Waals surface area (Å²) in [4.78, 5) is 0. The third kappa shape index (κ3) is 2.32. The number of hydrogen-bond acceptors (Lipinski definition) is 2. The standard InChI is InChI=1S/C16H26N2/c1-4-16(9-5-6-10-16)15(18-17)14-8-7-12(2)11-13(14)3/h7-8,11,15,18H,4-6,9-10,17H2,1-3H3. The second-order valence-corrected chi connectivity index (χ2v) is 5.88. The van der Waals surface area contributed by atoms with Crippen LogP contribution in [0, 0.1) is 19.3 Å². The summed E-state index contributed by atoms with van der Waals surface area (Å²) < 4.78 is 0. The van der Waals surface area contributed by atoms with Crippen LogP contribution in [0.15, 0.2) is 18.2 Å². The summed E-state index contributed by atoms with van der Waals surface area (Å²) in [6.45, 7) is 6.65. The van der Waals surface area contributed by atoms with Crippen LogP contribution < -0.4 is 11.3 Å². The van der Waals surface area contributed by atoms with E-state index in [0.717, 1.165) is 0 Å². The first kappa shape index (κ1) is 13.6. The Bertz CT molecular complexity index is 406. The third-order valence-electron chi connectivity index (χ3n) is 4.82. The molecular weight excluding hydrogens is 220 g/mol. The minimum absolute atomic E-state index is 0.297. The van der Waals surface area contributed by atoms with Gasteiger partial charge in [0.25, 0.3) is 0 Å². The van der Waals surface area contributed by atoms with Crippen molar-refractivity contribution in [1.82, 2.24) is 5.43 Å². The van der Waals surface area contributed by atoms with Gasteiger partial charge in [-0.05, 0) is 49.7 Å². The molecule has 0 saturated heterocycles. The number of nitrogens with one attached hydrogen (secondary N) is 1. The van der Waals surface area contributed by atoms with Gasteiger partial charge >= 0.3 is 0 Å². The van der Waals surface area contributed by atoms with Crippen LogP contribution in [0.2, 0.25) is 0 Å². The van der Waals surface area contributed by atoms with E-state index >= 15 is 0 Å². The van der Waals surface area contributed by atoms with E-state index in [1.54, 1.807) is 0 Å². The summed E-state index contributed by atoms with van der Waals surface area (Å²) in [6, 6.07) is 7.01. The lowest BCUT2D eigenvalue weighted by atomic mass is 9.73. The molecule has 1 aliphatic rings. The fourth-order valence-corrected chi connectivity index (χ4v) is 3.67. The van der Waals surface area contributed by atoms with Gasteiger partial charge in [-0.1, -0.05) is 43.5 Å². The molecule has 1 unspecified atom stereocenters. The lowest BCUT2D eigenvalue weighted by molar-refractivity contribution is 0.187. The minimum Gasteiger partial charge on any atom is -0.271 e. The predicted octanol–water partition coefficient (Wildman–Crippen LogP) is 3.78. The van der Waals surface area contributed by atoms with Crippen LogP contribution in [0.25, 0.3) is 0 Å². The van der Waals surface area contributed by atoms with E-state index in [4.69, 9.17) is 5.84 Å². The van der Waals surface area contributed by atoms with Crippen molar-refractivity contribution in [1.29, 1.82) is 0 Å². The largest absolute Gasteiger partial charge is 0.271 e. The highest BCUT2D eigenvalue weighted by molar-refractivity contribution is 5.34. The summed E-state index contributed by atoms with van der Waals surface area (Å²) in [5.41, 5.74) is 7.53. The SMILES string of the molecule is CCC1(C(NN)c2ccc(C)cc2C)CCCC1. The monoisotopic (exact) mass is 246 g/mol. The van der Waals surface area contributed by atoms with Crippen LogP contribution in [0.3, 0.4) is 0 Å². The lowest BCUT2D eigenvalue weighted by Gasteiger charge is -2.37. The molecule has 0 aromatic heterocycles. The molecule has 0 radical (unpaired) electrons. The number of nitrogens with two attached hydrogens (primary N) is 1. The highest BCUT2D eigenvalue weighted by Crippen LogP contribution is 2.50. The van der Waals surface area contributed by atoms with Gasteiger partial charge in [0.2, 0.25) is 0 Å². The van der Waals surface area contributed by atoms with Crippen molar-refractivity contribution in [3.63, 3.8) is 0 Å². The van der Waals surface area contributed by atoms with Crippen LogP contribution in [0.4, 0.5) is 0 Å². The van der Waals surface area contributed by atoms with Gasteiger partial charge in [0.15, 0.2) is 0 Å². The molecule has 18 heavy (non-hydrogen) atoms. The summed E-state index contributed by atoms with van der Waals surface area (Å²) >= 11 is 0. The first-order valence-corrected chi connectivity index (χ1v) is 7.16. The van der Waals surface area contributed by atoms with Crippen molar-refractivity contribution in [2.45, 2.75) is 58.9 Å². The second-order valence-electron chi connectivity index (χ2n) is 5.88. The van der Waals surface area contributed by atoms with Gasteiger partial charge in [-0.25, -0.2) is 0 Å². The first-order chi connectivity index (χ1) is 8.63.